The summed E-state index contributed by atoms with van der Waals surface area (Å²) in [5, 5.41) is 0. The van der Waals surface area contributed by atoms with Crippen LogP contribution in [0, 0.1) is 12.8 Å². The van der Waals surface area contributed by atoms with E-state index in [1.54, 1.807) is 39.0 Å². The normalized spacial score (nSPS) is 16.0. The number of alkyl halides is 6. The van der Waals surface area contributed by atoms with Gasteiger partial charge in [-0.15, -0.1) is 0 Å². The number of halogens is 6. The lowest BCUT2D eigenvalue weighted by atomic mass is 10.1. The maximum absolute atomic E-state index is 12.8. The van der Waals surface area contributed by atoms with Crippen molar-refractivity contribution in [3.8, 4) is 5.75 Å². The Hall–Kier alpha value is -3.23. The number of carbonyl (C=O) groups excluding carboxylic acids is 3. The van der Waals surface area contributed by atoms with Gasteiger partial charge < -0.3 is 23.8 Å². The Bertz CT molecular complexity index is 1070. The van der Waals surface area contributed by atoms with Gasteiger partial charge in [-0.3, -0.25) is 9.69 Å². The van der Waals surface area contributed by atoms with Crippen LogP contribution in [0.15, 0.2) is 18.2 Å². The second kappa shape index (κ2) is 13.2. The van der Waals surface area contributed by atoms with Crippen LogP contribution >= 0.6 is 0 Å². The number of hydrogen-bond donors (Lipinski definition) is 0. The average Bonchev–Trinajstić information content (AvgIpc) is 2.82. The lowest BCUT2D eigenvalue weighted by molar-refractivity contribution is -0.308. The molecule has 0 radical (unpaired) electrons. The van der Waals surface area contributed by atoms with Crippen LogP contribution in [0.4, 0.5) is 31.1 Å². The van der Waals surface area contributed by atoms with Crippen molar-refractivity contribution in [3.05, 3.63) is 29.3 Å². The van der Waals surface area contributed by atoms with Gasteiger partial charge in [0.25, 0.3) is 6.10 Å². The molecule has 1 aromatic carbocycles. The number of piperazine rings is 1. The molecule has 1 heterocycles. The van der Waals surface area contributed by atoms with Gasteiger partial charge >= 0.3 is 30.4 Å². The van der Waals surface area contributed by atoms with E-state index >= 15 is 0 Å². The SMILES string of the molecule is Cc1ccc(CN2CCN(C(=O)OC(C(F)(F)F)C(F)(F)F)CC2)c(OC(C)(C)C(=O)OC(C)OC(=O)C(C)C)c1. The molecule has 15 heteroatoms. The number of nitrogens with zero attached hydrogens (tertiary/aromatic N) is 2. The van der Waals surface area contributed by atoms with Gasteiger partial charge in [0.05, 0.1) is 5.92 Å². The molecule has 9 nitrogen and oxygen atoms in total. The largest absolute Gasteiger partial charge is 0.476 e. The summed E-state index contributed by atoms with van der Waals surface area (Å²) in [5.74, 6) is -1.42. The fourth-order valence-electron chi connectivity index (χ4n) is 3.64. The van der Waals surface area contributed by atoms with E-state index in [-0.39, 0.29) is 32.7 Å². The predicted molar refractivity (Wildman–Crippen MR) is 132 cm³/mol. The number of hydrogen-bond acceptors (Lipinski definition) is 8. The first-order valence-electron chi connectivity index (χ1n) is 12.7. The minimum atomic E-state index is -5.80. The van der Waals surface area contributed by atoms with Crippen LogP contribution in [0.1, 0.15) is 45.7 Å². The topological polar surface area (TPSA) is 94.6 Å². The highest BCUT2D eigenvalue weighted by Crippen LogP contribution is 2.36. The second-order valence-corrected chi connectivity index (χ2v) is 10.4. The van der Waals surface area contributed by atoms with Gasteiger partial charge in [0.2, 0.25) is 6.29 Å². The summed E-state index contributed by atoms with van der Waals surface area (Å²) in [5.41, 5.74) is -0.0682. The van der Waals surface area contributed by atoms with E-state index in [4.69, 9.17) is 14.2 Å². The third-order valence-corrected chi connectivity index (χ3v) is 5.94. The van der Waals surface area contributed by atoms with Crippen molar-refractivity contribution in [3.63, 3.8) is 0 Å². The molecule has 0 N–H and O–H groups in total. The predicted octanol–water partition coefficient (Wildman–Crippen LogP) is 4.99. The summed E-state index contributed by atoms with van der Waals surface area (Å²) < 4.78 is 96.5. The molecule has 2 rings (SSSR count). The lowest BCUT2D eigenvalue weighted by Gasteiger charge is -2.35. The lowest BCUT2D eigenvalue weighted by Crippen LogP contribution is -2.52. The molecule has 232 valence electrons. The van der Waals surface area contributed by atoms with Crippen LogP contribution in [0.2, 0.25) is 0 Å². The molecule has 0 spiro atoms. The van der Waals surface area contributed by atoms with Crippen LogP contribution in [-0.2, 0) is 30.3 Å². The highest BCUT2D eigenvalue weighted by molar-refractivity contribution is 5.79. The molecule has 1 saturated heterocycles. The molecular weight excluding hydrogens is 566 g/mol. The summed E-state index contributed by atoms with van der Waals surface area (Å²) in [6.45, 7) is 9.53. The molecule has 1 unspecified atom stereocenters. The van der Waals surface area contributed by atoms with Crippen molar-refractivity contribution < 1.29 is 59.7 Å². The van der Waals surface area contributed by atoms with Crippen molar-refractivity contribution in [1.82, 2.24) is 9.80 Å². The molecule has 1 amide bonds. The maximum Gasteiger partial charge on any atom is 0.434 e. The number of esters is 2. The molecule has 1 atom stereocenters. The number of rotatable bonds is 9. The van der Waals surface area contributed by atoms with Gasteiger partial charge in [0, 0.05) is 45.2 Å². The van der Waals surface area contributed by atoms with Gasteiger partial charge in [0.1, 0.15) is 5.75 Å². The minimum absolute atomic E-state index is 0.120. The summed E-state index contributed by atoms with van der Waals surface area (Å²) in [6.07, 6.45) is -18.7. The van der Waals surface area contributed by atoms with Crippen LogP contribution in [-0.4, -0.2) is 84.4 Å². The quantitative estimate of drug-likeness (QED) is 0.223. The zero-order valence-corrected chi connectivity index (χ0v) is 23.5. The molecule has 1 aliphatic heterocycles. The molecule has 1 aliphatic rings. The summed E-state index contributed by atoms with van der Waals surface area (Å²) in [4.78, 5) is 39.2. The third-order valence-electron chi connectivity index (χ3n) is 5.94. The van der Waals surface area contributed by atoms with Crippen molar-refractivity contribution >= 4 is 18.0 Å². The number of carbonyl (C=O) groups is 3. The zero-order chi connectivity index (χ0) is 31.3. The standard InChI is InChI=1S/C26H34F6N2O7/c1-15(2)20(35)38-17(4)39-22(36)24(5,6)41-19-13-16(3)7-8-18(19)14-33-9-11-34(12-10-33)23(37)40-21(25(27,28)29)26(30,31)32/h7-8,13,15,17,21H,9-12,14H2,1-6H3. The van der Waals surface area contributed by atoms with E-state index in [9.17, 15) is 40.7 Å². The highest BCUT2D eigenvalue weighted by atomic mass is 19.4. The molecule has 1 aromatic rings. The molecule has 0 aromatic heterocycles. The Balaban J connectivity index is 2.03. The maximum atomic E-state index is 12.8. The summed E-state index contributed by atoms with van der Waals surface area (Å²) in [7, 11) is 0. The first-order valence-corrected chi connectivity index (χ1v) is 12.7. The Labute approximate surface area is 233 Å². The third kappa shape index (κ3) is 9.97. The minimum Gasteiger partial charge on any atom is -0.476 e. The van der Waals surface area contributed by atoms with E-state index in [0.717, 1.165) is 10.5 Å². The zero-order valence-electron chi connectivity index (χ0n) is 23.5. The monoisotopic (exact) mass is 600 g/mol. The molecule has 0 saturated carbocycles. The van der Waals surface area contributed by atoms with E-state index < -0.39 is 54.3 Å². The van der Waals surface area contributed by atoms with Crippen LogP contribution < -0.4 is 4.74 Å². The van der Waals surface area contributed by atoms with E-state index in [0.29, 0.717) is 11.3 Å². The Morgan fingerprint density at radius 1 is 0.878 bits per heavy atom. The van der Waals surface area contributed by atoms with Gasteiger partial charge in [-0.25, -0.2) is 9.59 Å². The summed E-state index contributed by atoms with van der Waals surface area (Å²) in [6, 6.07) is 5.23. The Kier molecular flexibility index (Phi) is 10.9. The van der Waals surface area contributed by atoms with Gasteiger partial charge in [0.15, 0.2) is 5.60 Å². The average molecular weight is 601 g/mol. The van der Waals surface area contributed by atoms with Crippen molar-refractivity contribution in [2.45, 2.75) is 78.4 Å². The van der Waals surface area contributed by atoms with Gasteiger partial charge in [-0.2, -0.15) is 26.3 Å². The Morgan fingerprint density at radius 2 is 1.44 bits per heavy atom. The number of ether oxygens (including phenoxy) is 4. The highest BCUT2D eigenvalue weighted by Gasteiger charge is 2.60. The number of amides is 1. The summed E-state index contributed by atoms with van der Waals surface area (Å²) >= 11 is 0. The molecule has 0 aliphatic carbocycles. The van der Waals surface area contributed by atoms with Crippen molar-refractivity contribution in [2.75, 3.05) is 26.2 Å². The first-order chi connectivity index (χ1) is 18.7. The van der Waals surface area contributed by atoms with E-state index in [1.807, 2.05) is 4.90 Å². The van der Waals surface area contributed by atoms with E-state index in [2.05, 4.69) is 4.74 Å². The molecule has 41 heavy (non-hydrogen) atoms. The second-order valence-electron chi connectivity index (χ2n) is 10.4. The molecule has 0 bridgehead atoms. The number of benzene rings is 1. The van der Waals surface area contributed by atoms with Crippen LogP contribution in [0.25, 0.3) is 0 Å². The fraction of sp³-hybridized carbons (Fsp3) is 0.654. The smallest absolute Gasteiger partial charge is 0.434 e. The number of aryl methyl sites for hydroxylation is 1. The van der Waals surface area contributed by atoms with E-state index in [1.165, 1.54) is 20.8 Å². The molecule has 1 fully saturated rings. The van der Waals surface area contributed by atoms with Crippen molar-refractivity contribution in [1.29, 1.82) is 0 Å². The van der Waals surface area contributed by atoms with Crippen LogP contribution in [0.3, 0.4) is 0 Å². The molecular formula is C26H34F6N2O7. The first kappa shape index (κ1) is 34.0. The van der Waals surface area contributed by atoms with Gasteiger partial charge in [-0.05, 0) is 32.4 Å². The van der Waals surface area contributed by atoms with Crippen LogP contribution in [0.5, 0.6) is 5.75 Å². The van der Waals surface area contributed by atoms with Crippen molar-refractivity contribution in [2.24, 2.45) is 5.92 Å². The fourth-order valence-corrected chi connectivity index (χ4v) is 3.64. The van der Waals surface area contributed by atoms with Gasteiger partial charge in [-0.1, -0.05) is 26.0 Å². The Morgan fingerprint density at radius 3 is 1.95 bits per heavy atom.